The second-order valence-electron chi connectivity index (χ2n) is 4.77. The molecule has 0 fully saturated rings. The Bertz CT molecular complexity index is 891. The molecular formula is C17H15O2S+. The maximum atomic E-state index is 12.6. The van der Waals surface area contributed by atoms with E-state index in [1.165, 1.54) is 6.92 Å². The summed E-state index contributed by atoms with van der Waals surface area (Å²) >= 11 is 0. The Hall–Kier alpha value is -2.00. The summed E-state index contributed by atoms with van der Waals surface area (Å²) in [4.78, 5) is 24.2. The molecule has 0 radical (unpaired) electrons. The van der Waals surface area contributed by atoms with Crippen molar-refractivity contribution >= 4 is 36.4 Å². The topological polar surface area (TPSA) is 34.1 Å². The standard InChI is InChI=1S/C17H15O2S/c1-3-20-15-7-5-4-6-13(15)17(19)14-10-12(11(2)18)8-9-16(14)20/h4-10H,3H2,1-2H3/q+1. The van der Waals surface area contributed by atoms with Crippen LogP contribution >= 0.6 is 10.5 Å². The molecule has 0 aliphatic carbocycles. The SMILES string of the molecule is CC[s+]1c2ccccc2c(=O)c2cc(C(C)=O)ccc21. The first kappa shape index (κ1) is 13.0. The van der Waals surface area contributed by atoms with E-state index in [9.17, 15) is 9.59 Å². The van der Waals surface area contributed by atoms with Gasteiger partial charge in [0.25, 0.3) is 0 Å². The summed E-state index contributed by atoms with van der Waals surface area (Å²) in [6, 6.07) is 13.3. The molecule has 0 bridgehead atoms. The maximum Gasteiger partial charge on any atom is 0.203 e. The van der Waals surface area contributed by atoms with Crippen molar-refractivity contribution < 1.29 is 4.79 Å². The Morgan fingerprint density at radius 3 is 2.45 bits per heavy atom. The minimum Gasteiger partial charge on any atom is -0.295 e. The van der Waals surface area contributed by atoms with Gasteiger partial charge in [0.05, 0.1) is 10.8 Å². The number of ketones is 1. The van der Waals surface area contributed by atoms with E-state index in [0.717, 1.165) is 20.5 Å². The molecule has 1 unspecified atom stereocenters. The number of hydrogen-bond acceptors (Lipinski definition) is 2. The first-order chi connectivity index (χ1) is 9.63. The highest BCUT2D eigenvalue weighted by Gasteiger charge is 2.19. The largest absolute Gasteiger partial charge is 0.295 e. The summed E-state index contributed by atoms with van der Waals surface area (Å²) in [5, 5.41) is 1.48. The maximum absolute atomic E-state index is 12.6. The van der Waals surface area contributed by atoms with E-state index in [0.29, 0.717) is 10.9 Å². The lowest BCUT2D eigenvalue weighted by atomic mass is 10.1. The third kappa shape index (κ3) is 1.86. The van der Waals surface area contributed by atoms with Crippen molar-refractivity contribution in [1.29, 1.82) is 0 Å². The van der Waals surface area contributed by atoms with Gasteiger partial charge in [0.1, 0.15) is 5.75 Å². The fourth-order valence-electron chi connectivity index (χ4n) is 2.58. The molecule has 0 saturated heterocycles. The Morgan fingerprint density at radius 1 is 1.05 bits per heavy atom. The summed E-state index contributed by atoms with van der Waals surface area (Å²) in [5.74, 6) is 0.965. The Labute approximate surface area is 119 Å². The van der Waals surface area contributed by atoms with Crippen molar-refractivity contribution in [2.24, 2.45) is 0 Å². The van der Waals surface area contributed by atoms with Crippen LogP contribution in [0.25, 0.3) is 20.2 Å². The second kappa shape index (κ2) is 4.84. The molecule has 0 N–H and O–H groups in total. The van der Waals surface area contributed by atoms with Gasteiger partial charge in [-0.15, -0.1) is 0 Å². The zero-order valence-electron chi connectivity index (χ0n) is 11.5. The number of carbonyl (C=O) groups excluding carboxylic acids is 1. The van der Waals surface area contributed by atoms with Gasteiger partial charge >= 0.3 is 0 Å². The summed E-state index contributed by atoms with van der Waals surface area (Å²) < 4.78 is 2.20. The highest BCUT2D eigenvalue weighted by molar-refractivity contribution is 7.41. The van der Waals surface area contributed by atoms with E-state index in [1.54, 1.807) is 6.07 Å². The third-order valence-corrected chi connectivity index (χ3v) is 5.93. The molecular weight excluding hydrogens is 268 g/mol. The lowest BCUT2D eigenvalue weighted by Gasteiger charge is -2.02. The highest BCUT2D eigenvalue weighted by Crippen LogP contribution is 2.36. The molecule has 0 amide bonds. The second-order valence-corrected chi connectivity index (χ2v) is 7.01. The smallest absolute Gasteiger partial charge is 0.203 e. The lowest BCUT2D eigenvalue weighted by Crippen LogP contribution is -2.04. The summed E-state index contributed by atoms with van der Waals surface area (Å²) in [7, 11) is -0.0758. The number of rotatable bonds is 2. The van der Waals surface area contributed by atoms with Crippen LogP contribution in [0, 0.1) is 0 Å². The molecule has 0 spiro atoms. The van der Waals surface area contributed by atoms with Crippen LogP contribution in [0.2, 0.25) is 0 Å². The average Bonchev–Trinajstić information content (AvgIpc) is 2.47. The minimum atomic E-state index is -0.0758. The van der Waals surface area contributed by atoms with Crippen LogP contribution in [0.4, 0.5) is 0 Å². The summed E-state index contributed by atoms with van der Waals surface area (Å²) in [6.07, 6.45) is 0. The minimum absolute atomic E-state index is 0.00385. The Morgan fingerprint density at radius 2 is 1.75 bits per heavy atom. The third-order valence-electron chi connectivity index (χ3n) is 3.58. The van der Waals surface area contributed by atoms with Crippen LogP contribution in [0.3, 0.4) is 0 Å². The van der Waals surface area contributed by atoms with Gasteiger partial charge in [0.15, 0.2) is 15.2 Å². The van der Waals surface area contributed by atoms with Crippen molar-refractivity contribution in [3.05, 3.63) is 58.3 Å². The molecule has 0 aliphatic rings. The normalized spacial score (nSPS) is 12.0. The summed E-state index contributed by atoms with van der Waals surface area (Å²) in [6.45, 7) is 3.67. The molecule has 20 heavy (non-hydrogen) atoms. The van der Waals surface area contributed by atoms with Crippen LogP contribution in [-0.2, 0) is 5.75 Å². The monoisotopic (exact) mass is 283 g/mol. The van der Waals surface area contributed by atoms with Crippen molar-refractivity contribution in [3.63, 3.8) is 0 Å². The van der Waals surface area contributed by atoms with E-state index in [2.05, 4.69) is 6.92 Å². The van der Waals surface area contributed by atoms with Crippen molar-refractivity contribution in [2.45, 2.75) is 19.6 Å². The molecule has 1 atom stereocenters. The van der Waals surface area contributed by atoms with Crippen molar-refractivity contribution in [2.75, 3.05) is 0 Å². The molecule has 3 rings (SSSR count). The van der Waals surface area contributed by atoms with E-state index in [-0.39, 0.29) is 21.7 Å². The zero-order valence-corrected chi connectivity index (χ0v) is 12.3. The number of hydrogen-bond donors (Lipinski definition) is 0. The molecule has 2 nitrogen and oxygen atoms in total. The predicted molar refractivity (Wildman–Crippen MR) is 85.9 cm³/mol. The van der Waals surface area contributed by atoms with Crippen LogP contribution in [0.1, 0.15) is 24.2 Å². The van der Waals surface area contributed by atoms with Crippen LogP contribution < -0.4 is 5.43 Å². The fraction of sp³-hybridized carbons (Fsp3) is 0.176. The number of carbonyl (C=O) groups is 1. The van der Waals surface area contributed by atoms with Crippen LogP contribution in [-0.4, -0.2) is 5.78 Å². The van der Waals surface area contributed by atoms with Gasteiger partial charge in [-0.1, -0.05) is 12.1 Å². The molecule has 2 aromatic carbocycles. The first-order valence-corrected chi connectivity index (χ1v) is 8.02. The van der Waals surface area contributed by atoms with Gasteiger partial charge in [-0.3, -0.25) is 9.59 Å². The van der Waals surface area contributed by atoms with E-state index in [4.69, 9.17) is 0 Å². The average molecular weight is 283 g/mol. The molecule has 1 heterocycles. The van der Waals surface area contributed by atoms with Crippen LogP contribution in [0.5, 0.6) is 0 Å². The first-order valence-electron chi connectivity index (χ1n) is 6.63. The summed E-state index contributed by atoms with van der Waals surface area (Å²) in [5.41, 5.74) is 0.645. The molecule has 3 heteroatoms. The zero-order chi connectivity index (χ0) is 14.3. The van der Waals surface area contributed by atoms with Gasteiger partial charge in [0.2, 0.25) is 5.43 Å². The highest BCUT2D eigenvalue weighted by atomic mass is 32.2. The van der Waals surface area contributed by atoms with E-state index < -0.39 is 0 Å². The van der Waals surface area contributed by atoms with Crippen molar-refractivity contribution in [1.82, 2.24) is 0 Å². The van der Waals surface area contributed by atoms with E-state index >= 15 is 0 Å². The Balaban J connectivity index is 2.56. The quantitative estimate of drug-likeness (QED) is 0.398. The number of aryl methyl sites for hydroxylation is 1. The predicted octanol–water partition coefficient (Wildman–Crippen LogP) is 4.32. The van der Waals surface area contributed by atoms with E-state index in [1.807, 2.05) is 36.4 Å². The Kier molecular flexibility index (Phi) is 3.14. The number of benzene rings is 2. The van der Waals surface area contributed by atoms with Gasteiger partial charge in [-0.2, -0.15) is 0 Å². The van der Waals surface area contributed by atoms with Gasteiger partial charge < -0.3 is 0 Å². The van der Waals surface area contributed by atoms with Gasteiger partial charge in [-0.25, -0.2) is 0 Å². The number of fused-ring (bicyclic) bond motifs is 2. The van der Waals surface area contributed by atoms with Gasteiger partial charge in [0, 0.05) is 5.56 Å². The molecule has 3 aromatic rings. The van der Waals surface area contributed by atoms with Gasteiger partial charge in [-0.05, 0) is 54.6 Å². The van der Waals surface area contributed by atoms with Crippen molar-refractivity contribution in [3.8, 4) is 0 Å². The molecule has 0 saturated carbocycles. The molecule has 1 aromatic heterocycles. The van der Waals surface area contributed by atoms with Crippen LogP contribution in [0.15, 0.2) is 47.3 Å². The fourth-order valence-corrected chi connectivity index (χ4v) is 4.76. The lowest BCUT2D eigenvalue weighted by molar-refractivity contribution is 0.101. The molecule has 100 valence electrons. The molecule has 0 aliphatic heterocycles. The number of Topliss-reactive ketones (excluding diaryl/α,β-unsaturated/α-hetero) is 1.